The number of halogens is 1. The predicted octanol–water partition coefficient (Wildman–Crippen LogP) is 3.98. The fourth-order valence-electron chi connectivity index (χ4n) is 2.71. The molecule has 2 N–H and O–H groups in total. The molecule has 0 radical (unpaired) electrons. The Balaban J connectivity index is 1.70. The molecule has 2 aromatic carbocycles. The number of amides is 2. The summed E-state index contributed by atoms with van der Waals surface area (Å²) in [6.07, 6.45) is 0. The number of aromatic nitrogens is 1. The van der Waals surface area contributed by atoms with Gasteiger partial charge in [0.05, 0.1) is 17.6 Å². The number of carbonyl (C=O) groups is 2. The Morgan fingerprint density at radius 1 is 1.08 bits per heavy atom. The van der Waals surface area contributed by atoms with Crippen LogP contribution in [-0.2, 0) is 4.79 Å². The Morgan fingerprint density at radius 3 is 2.62 bits per heavy atom. The Hall–Kier alpha value is -2.73. The topological polar surface area (TPSA) is 71.1 Å². The molecule has 6 heteroatoms. The van der Waals surface area contributed by atoms with Gasteiger partial charge in [0, 0.05) is 21.2 Å². The Morgan fingerprint density at radius 2 is 1.85 bits per heavy atom. The lowest BCUT2D eigenvalue weighted by atomic mass is 10.1. The average Bonchev–Trinajstić information content (AvgIpc) is 2.61. The number of pyridine rings is 1. The minimum absolute atomic E-state index is 0.107. The van der Waals surface area contributed by atoms with Gasteiger partial charge in [0.2, 0.25) is 5.91 Å². The number of nitrogens with one attached hydrogen (secondary N) is 2. The van der Waals surface area contributed by atoms with Crippen molar-refractivity contribution in [3.63, 3.8) is 0 Å². The molecular weight excluding hydrogens is 394 g/mol. The molecule has 0 unspecified atom stereocenters. The van der Waals surface area contributed by atoms with E-state index in [1.807, 2.05) is 56.3 Å². The van der Waals surface area contributed by atoms with Crippen molar-refractivity contribution >= 4 is 44.3 Å². The largest absolute Gasteiger partial charge is 0.343 e. The summed E-state index contributed by atoms with van der Waals surface area (Å²) in [6.45, 7) is 3.64. The highest BCUT2D eigenvalue weighted by Crippen LogP contribution is 2.20. The molecule has 0 aliphatic carbocycles. The van der Waals surface area contributed by atoms with Crippen molar-refractivity contribution in [3.8, 4) is 0 Å². The average molecular weight is 412 g/mol. The fourth-order valence-corrected chi connectivity index (χ4v) is 3.19. The van der Waals surface area contributed by atoms with Crippen LogP contribution >= 0.6 is 15.9 Å². The maximum absolute atomic E-state index is 12.6. The zero-order valence-electron chi connectivity index (χ0n) is 14.5. The van der Waals surface area contributed by atoms with Gasteiger partial charge in [0.15, 0.2) is 0 Å². The van der Waals surface area contributed by atoms with Gasteiger partial charge in [-0.15, -0.1) is 0 Å². The lowest BCUT2D eigenvalue weighted by Gasteiger charge is -2.11. The smallest absolute Gasteiger partial charge is 0.252 e. The summed E-state index contributed by atoms with van der Waals surface area (Å²) < 4.78 is 0.946. The molecule has 0 spiro atoms. The van der Waals surface area contributed by atoms with Crippen LogP contribution in [0.2, 0.25) is 0 Å². The van der Waals surface area contributed by atoms with Crippen molar-refractivity contribution in [2.24, 2.45) is 0 Å². The summed E-state index contributed by atoms with van der Waals surface area (Å²) >= 11 is 3.39. The van der Waals surface area contributed by atoms with Crippen molar-refractivity contribution in [1.29, 1.82) is 0 Å². The molecule has 0 bridgehead atoms. The number of para-hydroxylation sites is 1. The normalized spacial score (nSPS) is 10.6. The van der Waals surface area contributed by atoms with Gasteiger partial charge in [-0.3, -0.25) is 14.6 Å². The Kier molecular flexibility index (Phi) is 5.32. The van der Waals surface area contributed by atoms with Crippen molar-refractivity contribution < 1.29 is 9.59 Å². The first kappa shape index (κ1) is 18.1. The van der Waals surface area contributed by atoms with Gasteiger partial charge in [-0.25, -0.2) is 0 Å². The number of anilines is 1. The minimum atomic E-state index is -0.297. The van der Waals surface area contributed by atoms with Gasteiger partial charge >= 0.3 is 0 Å². The molecule has 0 saturated carbocycles. The SMILES string of the molecule is Cc1cc(C(=O)NCC(=O)Nc2ccc(Br)cc2C)c2ccccc2n1. The number of aryl methyl sites for hydroxylation is 2. The van der Waals surface area contributed by atoms with Crippen LogP contribution < -0.4 is 10.6 Å². The lowest BCUT2D eigenvalue weighted by Crippen LogP contribution is -2.33. The molecule has 3 rings (SSSR count). The second-order valence-corrected chi connectivity index (χ2v) is 6.93. The zero-order chi connectivity index (χ0) is 18.7. The molecule has 1 aromatic heterocycles. The van der Waals surface area contributed by atoms with E-state index in [0.29, 0.717) is 5.56 Å². The lowest BCUT2D eigenvalue weighted by molar-refractivity contribution is -0.115. The molecule has 26 heavy (non-hydrogen) atoms. The Bertz CT molecular complexity index is 1000. The first-order chi connectivity index (χ1) is 12.4. The number of hydrogen-bond donors (Lipinski definition) is 2. The molecule has 3 aromatic rings. The minimum Gasteiger partial charge on any atom is -0.343 e. The molecule has 0 fully saturated rings. The Labute approximate surface area is 160 Å². The van der Waals surface area contributed by atoms with Gasteiger partial charge in [0.1, 0.15) is 0 Å². The van der Waals surface area contributed by atoms with E-state index in [0.717, 1.165) is 32.3 Å². The highest BCUT2D eigenvalue weighted by molar-refractivity contribution is 9.10. The molecule has 2 amide bonds. The van der Waals surface area contributed by atoms with Crippen LogP contribution in [0.4, 0.5) is 5.69 Å². The van der Waals surface area contributed by atoms with E-state index in [1.165, 1.54) is 0 Å². The summed E-state index contributed by atoms with van der Waals surface area (Å²) in [5.74, 6) is -0.576. The predicted molar refractivity (Wildman–Crippen MR) is 106 cm³/mol. The third-order valence-electron chi connectivity index (χ3n) is 3.96. The maximum atomic E-state index is 12.6. The van der Waals surface area contributed by atoms with Gasteiger partial charge in [-0.2, -0.15) is 0 Å². The maximum Gasteiger partial charge on any atom is 0.252 e. The number of rotatable bonds is 4. The van der Waals surface area contributed by atoms with E-state index in [-0.39, 0.29) is 18.4 Å². The summed E-state index contributed by atoms with van der Waals surface area (Å²) in [6, 6.07) is 14.8. The molecule has 0 aliphatic rings. The summed E-state index contributed by atoms with van der Waals surface area (Å²) in [7, 11) is 0. The van der Waals surface area contributed by atoms with Crippen LogP contribution in [0, 0.1) is 13.8 Å². The van der Waals surface area contributed by atoms with Crippen LogP contribution in [0.3, 0.4) is 0 Å². The van der Waals surface area contributed by atoms with Crippen molar-refractivity contribution in [2.75, 3.05) is 11.9 Å². The first-order valence-electron chi connectivity index (χ1n) is 8.14. The summed E-state index contributed by atoms with van der Waals surface area (Å²) in [5.41, 5.74) is 3.68. The number of benzene rings is 2. The van der Waals surface area contributed by atoms with Gasteiger partial charge < -0.3 is 10.6 Å². The quantitative estimate of drug-likeness (QED) is 0.681. The van der Waals surface area contributed by atoms with Crippen molar-refractivity contribution in [2.45, 2.75) is 13.8 Å². The van der Waals surface area contributed by atoms with E-state index < -0.39 is 0 Å². The standard InChI is InChI=1S/C20H18BrN3O2/c1-12-9-14(21)7-8-17(12)24-19(25)11-22-20(26)16-10-13(2)23-18-6-4-3-5-15(16)18/h3-10H,11H2,1-2H3,(H,22,26)(H,24,25). The number of nitrogens with zero attached hydrogens (tertiary/aromatic N) is 1. The fraction of sp³-hybridized carbons (Fsp3) is 0.150. The van der Waals surface area contributed by atoms with Crippen molar-refractivity contribution in [1.82, 2.24) is 10.3 Å². The molecule has 0 saturated heterocycles. The highest BCUT2D eigenvalue weighted by Gasteiger charge is 2.13. The summed E-state index contributed by atoms with van der Waals surface area (Å²) in [5, 5.41) is 6.25. The molecular formula is C20H18BrN3O2. The molecule has 132 valence electrons. The van der Waals surface area contributed by atoms with Gasteiger partial charge in [-0.05, 0) is 49.7 Å². The van der Waals surface area contributed by atoms with E-state index in [9.17, 15) is 9.59 Å². The monoisotopic (exact) mass is 411 g/mol. The number of carbonyl (C=O) groups excluding carboxylic acids is 2. The van der Waals surface area contributed by atoms with Crippen LogP contribution in [0.5, 0.6) is 0 Å². The zero-order valence-corrected chi connectivity index (χ0v) is 16.1. The van der Waals surface area contributed by atoms with E-state index in [4.69, 9.17) is 0 Å². The van der Waals surface area contributed by atoms with Gasteiger partial charge in [-0.1, -0.05) is 34.1 Å². The van der Waals surface area contributed by atoms with Crippen LogP contribution in [0.15, 0.2) is 53.0 Å². The number of hydrogen-bond acceptors (Lipinski definition) is 3. The molecule has 0 aliphatic heterocycles. The molecule has 5 nitrogen and oxygen atoms in total. The second kappa shape index (κ2) is 7.66. The van der Waals surface area contributed by atoms with E-state index in [1.54, 1.807) is 6.07 Å². The van der Waals surface area contributed by atoms with Gasteiger partial charge in [0.25, 0.3) is 5.91 Å². The van der Waals surface area contributed by atoms with Crippen molar-refractivity contribution in [3.05, 3.63) is 69.8 Å². The van der Waals surface area contributed by atoms with E-state index in [2.05, 4.69) is 31.5 Å². The highest BCUT2D eigenvalue weighted by atomic mass is 79.9. The molecule has 1 heterocycles. The second-order valence-electron chi connectivity index (χ2n) is 6.02. The third-order valence-corrected chi connectivity index (χ3v) is 4.45. The van der Waals surface area contributed by atoms with E-state index >= 15 is 0 Å². The summed E-state index contributed by atoms with van der Waals surface area (Å²) in [4.78, 5) is 29.1. The first-order valence-corrected chi connectivity index (χ1v) is 8.94. The third kappa shape index (κ3) is 4.08. The number of fused-ring (bicyclic) bond motifs is 1. The van der Waals surface area contributed by atoms with Crippen LogP contribution in [0.1, 0.15) is 21.6 Å². The van der Waals surface area contributed by atoms with Crippen LogP contribution in [0.25, 0.3) is 10.9 Å². The van der Waals surface area contributed by atoms with Crippen LogP contribution in [-0.4, -0.2) is 23.3 Å². The molecule has 0 atom stereocenters.